The van der Waals surface area contributed by atoms with Crippen LogP contribution in [-0.4, -0.2) is 25.1 Å². The Morgan fingerprint density at radius 2 is 2.00 bits per heavy atom. The van der Waals surface area contributed by atoms with Crippen LogP contribution in [0.4, 0.5) is 5.69 Å². The van der Waals surface area contributed by atoms with E-state index in [4.69, 9.17) is 9.15 Å². The normalized spacial score (nSPS) is 15.2. The molecular formula is C21H28N2O3. The molecule has 1 aliphatic rings. The van der Waals surface area contributed by atoms with Crippen molar-refractivity contribution in [3.8, 4) is 5.75 Å². The highest BCUT2D eigenvalue weighted by Gasteiger charge is 2.18. The van der Waals surface area contributed by atoms with Crippen LogP contribution in [0.1, 0.15) is 43.4 Å². The summed E-state index contributed by atoms with van der Waals surface area (Å²) in [6, 6.07) is 10.5. The quantitative estimate of drug-likeness (QED) is 0.812. The van der Waals surface area contributed by atoms with Gasteiger partial charge in [-0.25, -0.2) is 0 Å². The first kappa shape index (κ1) is 18.5. The Bertz CT molecular complexity index is 766. The molecule has 0 aliphatic heterocycles. The van der Waals surface area contributed by atoms with Crippen LogP contribution >= 0.6 is 0 Å². The van der Waals surface area contributed by atoms with E-state index in [1.54, 1.807) is 0 Å². The zero-order valence-corrected chi connectivity index (χ0v) is 15.7. The number of benzene rings is 1. The number of methoxy groups -OCH3 is 1. The fourth-order valence-electron chi connectivity index (χ4n) is 3.61. The number of hydrogen-bond acceptors (Lipinski definition) is 5. The van der Waals surface area contributed by atoms with Gasteiger partial charge in [-0.15, -0.1) is 0 Å². The molecule has 1 saturated carbocycles. The first-order valence-corrected chi connectivity index (χ1v) is 9.35. The lowest BCUT2D eigenvalue weighted by Crippen LogP contribution is -2.33. The standard InChI is InChI=1S/C21H28N2O3/c1-23(17-9-4-3-5-10-17)14-16-8-6-7-11-19(16)22-13-18-12-20(24)21(25-2)15-26-18/h6-8,11-12,15,17,22H,3-5,9-10,13-14H2,1-2H3. The zero-order chi connectivity index (χ0) is 18.4. The highest BCUT2D eigenvalue weighted by Crippen LogP contribution is 2.25. The molecule has 5 nitrogen and oxygen atoms in total. The van der Waals surface area contributed by atoms with Crippen LogP contribution in [0, 0.1) is 0 Å². The summed E-state index contributed by atoms with van der Waals surface area (Å²) in [6.45, 7) is 1.38. The third-order valence-corrected chi connectivity index (χ3v) is 5.16. The average molecular weight is 356 g/mol. The van der Waals surface area contributed by atoms with Gasteiger partial charge in [-0.3, -0.25) is 9.69 Å². The minimum atomic E-state index is -0.166. The molecule has 1 heterocycles. The summed E-state index contributed by atoms with van der Waals surface area (Å²) >= 11 is 0. The van der Waals surface area contributed by atoms with Crippen LogP contribution in [0.3, 0.4) is 0 Å². The van der Waals surface area contributed by atoms with Crippen molar-refractivity contribution in [1.82, 2.24) is 4.90 Å². The van der Waals surface area contributed by atoms with E-state index >= 15 is 0 Å². The van der Waals surface area contributed by atoms with Crippen molar-refractivity contribution in [3.05, 3.63) is 58.1 Å². The zero-order valence-electron chi connectivity index (χ0n) is 15.7. The van der Waals surface area contributed by atoms with Crippen molar-refractivity contribution in [2.75, 3.05) is 19.5 Å². The van der Waals surface area contributed by atoms with E-state index < -0.39 is 0 Å². The Morgan fingerprint density at radius 3 is 2.73 bits per heavy atom. The Labute approximate surface area is 155 Å². The molecule has 26 heavy (non-hydrogen) atoms. The minimum absolute atomic E-state index is 0.166. The number of nitrogens with zero attached hydrogens (tertiary/aromatic N) is 1. The van der Waals surface area contributed by atoms with Gasteiger partial charge in [0.2, 0.25) is 11.2 Å². The summed E-state index contributed by atoms with van der Waals surface area (Å²) in [6.07, 6.45) is 8.00. The summed E-state index contributed by atoms with van der Waals surface area (Å²) in [5, 5.41) is 3.40. The molecule has 0 bridgehead atoms. The third kappa shape index (κ3) is 4.67. The van der Waals surface area contributed by atoms with E-state index in [1.807, 2.05) is 6.07 Å². The molecule has 1 fully saturated rings. The monoisotopic (exact) mass is 356 g/mol. The number of anilines is 1. The van der Waals surface area contributed by atoms with Crippen molar-refractivity contribution in [2.24, 2.45) is 0 Å². The van der Waals surface area contributed by atoms with Crippen LogP contribution in [-0.2, 0) is 13.1 Å². The van der Waals surface area contributed by atoms with E-state index in [9.17, 15) is 4.79 Å². The average Bonchev–Trinajstić information content (AvgIpc) is 2.68. The molecule has 140 valence electrons. The molecule has 1 aromatic carbocycles. The number of para-hydroxylation sites is 1. The van der Waals surface area contributed by atoms with Crippen molar-refractivity contribution >= 4 is 5.69 Å². The van der Waals surface area contributed by atoms with E-state index in [2.05, 4.69) is 35.5 Å². The Hall–Kier alpha value is -2.27. The van der Waals surface area contributed by atoms with Gasteiger partial charge in [0.25, 0.3) is 0 Å². The summed E-state index contributed by atoms with van der Waals surface area (Å²) in [5.41, 5.74) is 2.17. The topological polar surface area (TPSA) is 54.7 Å². The largest absolute Gasteiger partial charge is 0.490 e. The number of hydrogen-bond donors (Lipinski definition) is 1. The van der Waals surface area contributed by atoms with Crippen LogP contribution in [0.2, 0.25) is 0 Å². The number of rotatable bonds is 7. The molecule has 1 aromatic heterocycles. The van der Waals surface area contributed by atoms with E-state index in [-0.39, 0.29) is 11.2 Å². The van der Waals surface area contributed by atoms with Gasteiger partial charge in [-0.2, -0.15) is 0 Å². The smallest absolute Gasteiger partial charge is 0.227 e. The maximum absolute atomic E-state index is 11.9. The molecule has 1 N–H and O–H groups in total. The van der Waals surface area contributed by atoms with Gasteiger partial charge in [0, 0.05) is 24.3 Å². The van der Waals surface area contributed by atoms with Gasteiger partial charge in [0.15, 0.2) is 0 Å². The molecule has 0 saturated heterocycles. The fraction of sp³-hybridized carbons (Fsp3) is 0.476. The van der Waals surface area contributed by atoms with Gasteiger partial charge in [0.05, 0.1) is 13.7 Å². The Balaban J connectivity index is 1.65. The van der Waals surface area contributed by atoms with Crippen molar-refractivity contribution in [1.29, 1.82) is 0 Å². The summed E-state index contributed by atoms with van der Waals surface area (Å²) in [4.78, 5) is 14.3. The maximum atomic E-state index is 11.9. The summed E-state index contributed by atoms with van der Waals surface area (Å²) < 4.78 is 10.4. The molecule has 0 unspecified atom stereocenters. The van der Waals surface area contributed by atoms with E-state index in [0.717, 1.165) is 12.2 Å². The number of ether oxygens (including phenoxy) is 1. The molecule has 2 aromatic rings. The summed E-state index contributed by atoms with van der Waals surface area (Å²) in [7, 11) is 3.68. The van der Waals surface area contributed by atoms with Crippen LogP contribution in [0.15, 0.2) is 45.8 Å². The van der Waals surface area contributed by atoms with Crippen molar-refractivity contribution < 1.29 is 9.15 Å². The summed E-state index contributed by atoms with van der Waals surface area (Å²) in [5.74, 6) is 0.814. The Kier molecular flexibility index (Phi) is 6.34. The predicted octanol–water partition coefficient (Wildman–Crippen LogP) is 4.03. The predicted molar refractivity (Wildman–Crippen MR) is 104 cm³/mol. The Morgan fingerprint density at radius 1 is 1.23 bits per heavy atom. The molecule has 0 spiro atoms. The van der Waals surface area contributed by atoms with Gasteiger partial charge >= 0.3 is 0 Å². The lowest BCUT2D eigenvalue weighted by atomic mass is 9.94. The van der Waals surface area contributed by atoms with Gasteiger partial charge in [-0.05, 0) is 31.5 Å². The van der Waals surface area contributed by atoms with Gasteiger partial charge in [-0.1, -0.05) is 37.5 Å². The van der Waals surface area contributed by atoms with Crippen LogP contribution in [0.25, 0.3) is 0 Å². The SMILES string of the molecule is COc1coc(CNc2ccccc2CN(C)C2CCCCC2)cc1=O. The molecule has 0 radical (unpaired) electrons. The highest BCUT2D eigenvalue weighted by atomic mass is 16.5. The third-order valence-electron chi connectivity index (χ3n) is 5.16. The molecule has 3 rings (SSSR count). The second-order valence-electron chi connectivity index (χ2n) is 7.00. The van der Waals surface area contributed by atoms with Crippen molar-refractivity contribution in [2.45, 2.75) is 51.2 Å². The first-order valence-electron chi connectivity index (χ1n) is 9.35. The van der Waals surface area contributed by atoms with Crippen LogP contribution < -0.4 is 15.5 Å². The second kappa shape index (κ2) is 8.90. The van der Waals surface area contributed by atoms with E-state index in [1.165, 1.54) is 57.1 Å². The first-order chi connectivity index (χ1) is 12.7. The lowest BCUT2D eigenvalue weighted by molar-refractivity contribution is 0.185. The maximum Gasteiger partial charge on any atom is 0.227 e. The molecular weight excluding hydrogens is 328 g/mol. The van der Waals surface area contributed by atoms with Crippen LogP contribution in [0.5, 0.6) is 5.75 Å². The van der Waals surface area contributed by atoms with Crippen molar-refractivity contribution in [3.63, 3.8) is 0 Å². The van der Waals surface area contributed by atoms with Gasteiger partial charge < -0.3 is 14.5 Å². The molecule has 1 aliphatic carbocycles. The molecule has 0 amide bonds. The highest BCUT2D eigenvalue weighted by molar-refractivity contribution is 5.51. The number of nitrogens with one attached hydrogen (secondary N) is 1. The minimum Gasteiger partial charge on any atom is -0.490 e. The van der Waals surface area contributed by atoms with Gasteiger partial charge in [0.1, 0.15) is 12.0 Å². The van der Waals surface area contributed by atoms with E-state index in [0.29, 0.717) is 18.3 Å². The fourth-order valence-corrected chi connectivity index (χ4v) is 3.61. The lowest BCUT2D eigenvalue weighted by Gasteiger charge is -2.31. The second-order valence-corrected chi connectivity index (χ2v) is 7.00. The molecule has 0 atom stereocenters. The molecule has 5 heteroatoms.